The molecule has 112 valence electrons. The van der Waals surface area contributed by atoms with Crippen molar-refractivity contribution < 1.29 is 14.2 Å². The molecule has 0 amide bonds. The van der Waals surface area contributed by atoms with Crippen LogP contribution in [0.3, 0.4) is 0 Å². The Bertz CT molecular complexity index is 557. The second-order valence-corrected chi connectivity index (χ2v) is 5.90. The minimum Gasteiger partial charge on any atom is -0.497 e. The number of thioether (sulfide) groups is 1. The number of hydrogen-bond acceptors (Lipinski definition) is 3. The summed E-state index contributed by atoms with van der Waals surface area (Å²) in [6.45, 7) is 0. The van der Waals surface area contributed by atoms with Crippen molar-refractivity contribution in [3.8, 4) is 5.75 Å². The first-order valence-corrected chi connectivity index (χ1v) is 7.85. The van der Waals surface area contributed by atoms with Crippen LogP contribution >= 0.6 is 11.8 Å². The minimum atomic E-state index is -0.402. The molecule has 1 N–H and O–H groups in total. The highest BCUT2D eigenvalue weighted by atomic mass is 32.2. The van der Waals surface area contributed by atoms with Crippen LogP contribution in [0.2, 0.25) is 0 Å². The van der Waals surface area contributed by atoms with Gasteiger partial charge in [0.25, 0.3) is 0 Å². The van der Waals surface area contributed by atoms with Crippen molar-refractivity contribution in [2.75, 3.05) is 12.9 Å². The van der Waals surface area contributed by atoms with E-state index >= 15 is 0 Å². The maximum absolute atomic E-state index is 13.0. The molecule has 0 radical (unpaired) electrons. The Morgan fingerprint density at radius 3 is 2.62 bits per heavy atom. The number of rotatable bonds is 7. The van der Waals surface area contributed by atoms with Gasteiger partial charge in [-0.15, -0.1) is 11.8 Å². The number of aryl methyl sites for hydroxylation is 1. The van der Waals surface area contributed by atoms with Gasteiger partial charge in [-0.25, -0.2) is 4.39 Å². The van der Waals surface area contributed by atoms with E-state index in [0.29, 0.717) is 12.2 Å². The van der Waals surface area contributed by atoms with Gasteiger partial charge in [0.1, 0.15) is 11.6 Å². The molecule has 2 nitrogen and oxygen atoms in total. The lowest BCUT2D eigenvalue weighted by Crippen LogP contribution is -2.11. The fraction of sp³-hybridized carbons (Fsp3) is 0.294. The van der Waals surface area contributed by atoms with E-state index in [9.17, 15) is 9.50 Å². The van der Waals surface area contributed by atoms with Crippen molar-refractivity contribution in [2.45, 2.75) is 23.8 Å². The largest absolute Gasteiger partial charge is 0.497 e. The molecule has 1 atom stereocenters. The van der Waals surface area contributed by atoms with Gasteiger partial charge < -0.3 is 9.84 Å². The molecule has 0 saturated carbocycles. The molecule has 2 aromatic carbocycles. The summed E-state index contributed by atoms with van der Waals surface area (Å²) in [6.07, 6.45) is 1.10. The number of hydrogen-bond donors (Lipinski definition) is 1. The Morgan fingerprint density at radius 1 is 1.19 bits per heavy atom. The molecule has 0 fully saturated rings. The van der Waals surface area contributed by atoms with Gasteiger partial charge in [0, 0.05) is 10.6 Å². The lowest BCUT2D eigenvalue weighted by molar-refractivity contribution is 0.189. The molecule has 2 rings (SSSR count). The minimum absolute atomic E-state index is 0.243. The molecule has 1 unspecified atom stereocenters. The number of benzene rings is 2. The zero-order valence-electron chi connectivity index (χ0n) is 12.0. The third kappa shape index (κ3) is 5.40. The smallest absolute Gasteiger partial charge is 0.124 e. The zero-order valence-corrected chi connectivity index (χ0v) is 12.8. The van der Waals surface area contributed by atoms with E-state index in [2.05, 4.69) is 0 Å². The molecule has 21 heavy (non-hydrogen) atoms. The normalized spacial score (nSPS) is 12.1. The van der Waals surface area contributed by atoms with Crippen LogP contribution in [-0.2, 0) is 6.42 Å². The van der Waals surface area contributed by atoms with Crippen molar-refractivity contribution in [1.82, 2.24) is 0 Å². The maximum atomic E-state index is 13.0. The van der Waals surface area contributed by atoms with Crippen molar-refractivity contribution in [3.63, 3.8) is 0 Å². The van der Waals surface area contributed by atoms with Gasteiger partial charge in [-0.2, -0.15) is 0 Å². The lowest BCUT2D eigenvalue weighted by atomic mass is 10.1. The maximum Gasteiger partial charge on any atom is 0.124 e. The standard InChI is InChI=1S/C17H19FO2S/c1-20-16-9-6-13(7-10-16)5-8-15(19)12-21-17-4-2-3-14(18)11-17/h2-4,6-7,9-11,15,19H,5,8,12H2,1H3. The van der Waals surface area contributed by atoms with Gasteiger partial charge in [0.15, 0.2) is 0 Å². The van der Waals surface area contributed by atoms with Crippen LogP contribution in [0.4, 0.5) is 4.39 Å². The second kappa shape index (κ2) is 8.05. The number of ether oxygens (including phenoxy) is 1. The molecule has 2 aromatic rings. The number of halogens is 1. The van der Waals surface area contributed by atoms with Crippen LogP contribution in [0.25, 0.3) is 0 Å². The first-order valence-electron chi connectivity index (χ1n) is 6.87. The molecule has 0 heterocycles. The molecule has 0 spiro atoms. The molecule has 0 bridgehead atoms. The summed E-state index contributed by atoms with van der Waals surface area (Å²) < 4.78 is 18.1. The molecule has 0 saturated heterocycles. The number of aliphatic hydroxyl groups excluding tert-OH is 1. The molecule has 0 aliphatic heterocycles. The van der Waals surface area contributed by atoms with Crippen molar-refractivity contribution in [3.05, 3.63) is 59.9 Å². The van der Waals surface area contributed by atoms with E-state index in [1.807, 2.05) is 30.3 Å². The van der Waals surface area contributed by atoms with E-state index in [0.717, 1.165) is 17.1 Å². The topological polar surface area (TPSA) is 29.5 Å². The summed E-state index contributed by atoms with van der Waals surface area (Å²) in [6, 6.07) is 14.3. The van der Waals surface area contributed by atoms with Crippen LogP contribution in [0.5, 0.6) is 5.75 Å². The van der Waals surface area contributed by atoms with E-state index in [1.54, 1.807) is 13.2 Å². The highest BCUT2D eigenvalue weighted by Gasteiger charge is 2.06. The van der Waals surface area contributed by atoms with Gasteiger partial charge in [-0.05, 0) is 48.7 Å². The summed E-state index contributed by atoms with van der Waals surface area (Å²) >= 11 is 1.47. The molecular weight excluding hydrogens is 287 g/mol. The van der Waals surface area contributed by atoms with Crippen LogP contribution in [0.1, 0.15) is 12.0 Å². The lowest BCUT2D eigenvalue weighted by Gasteiger charge is -2.10. The second-order valence-electron chi connectivity index (χ2n) is 4.81. The first-order chi connectivity index (χ1) is 10.2. The van der Waals surface area contributed by atoms with Gasteiger partial charge >= 0.3 is 0 Å². The average molecular weight is 306 g/mol. The van der Waals surface area contributed by atoms with Gasteiger partial charge in [-0.1, -0.05) is 18.2 Å². The Labute approximate surface area is 129 Å². The van der Waals surface area contributed by atoms with Crippen LogP contribution in [-0.4, -0.2) is 24.1 Å². The van der Waals surface area contributed by atoms with E-state index in [-0.39, 0.29) is 5.82 Å². The third-order valence-corrected chi connectivity index (χ3v) is 4.30. The third-order valence-electron chi connectivity index (χ3n) is 3.16. The molecule has 0 aromatic heterocycles. The van der Waals surface area contributed by atoms with Gasteiger partial charge in [-0.3, -0.25) is 0 Å². The van der Waals surface area contributed by atoms with E-state index in [4.69, 9.17) is 4.74 Å². The highest BCUT2D eigenvalue weighted by Crippen LogP contribution is 2.21. The number of methoxy groups -OCH3 is 1. The molecule has 4 heteroatoms. The Kier molecular flexibility index (Phi) is 6.08. The van der Waals surface area contributed by atoms with E-state index in [1.165, 1.54) is 29.5 Å². The van der Waals surface area contributed by atoms with Crippen LogP contribution in [0, 0.1) is 5.82 Å². The predicted octanol–water partition coefficient (Wildman–Crippen LogP) is 3.92. The van der Waals surface area contributed by atoms with Crippen molar-refractivity contribution in [1.29, 1.82) is 0 Å². The average Bonchev–Trinajstić information content (AvgIpc) is 2.51. The SMILES string of the molecule is COc1ccc(CCC(O)CSc2cccc(F)c2)cc1. The number of aliphatic hydroxyl groups is 1. The summed E-state index contributed by atoms with van der Waals surface area (Å²) in [4.78, 5) is 0.846. The van der Waals surface area contributed by atoms with Gasteiger partial charge in [0.2, 0.25) is 0 Å². The Hall–Kier alpha value is -1.52. The summed E-state index contributed by atoms with van der Waals surface area (Å²) in [5, 5.41) is 10.0. The summed E-state index contributed by atoms with van der Waals surface area (Å²) in [7, 11) is 1.64. The molecule has 0 aliphatic rings. The van der Waals surface area contributed by atoms with Crippen LogP contribution in [0.15, 0.2) is 53.4 Å². The fourth-order valence-electron chi connectivity index (χ4n) is 1.96. The Balaban J connectivity index is 1.75. The Morgan fingerprint density at radius 2 is 1.95 bits per heavy atom. The van der Waals surface area contributed by atoms with Crippen LogP contribution < -0.4 is 4.74 Å². The van der Waals surface area contributed by atoms with E-state index < -0.39 is 6.10 Å². The zero-order chi connectivity index (χ0) is 15.1. The van der Waals surface area contributed by atoms with Gasteiger partial charge in [0.05, 0.1) is 13.2 Å². The fourth-order valence-corrected chi connectivity index (χ4v) is 2.88. The summed E-state index contributed by atoms with van der Waals surface area (Å²) in [5.41, 5.74) is 1.17. The van der Waals surface area contributed by atoms with Crippen molar-refractivity contribution >= 4 is 11.8 Å². The highest BCUT2D eigenvalue weighted by molar-refractivity contribution is 7.99. The van der Waals surface area contributed by atoms with Crippen molar-refractivity contribution in [2.24, 2.45) is 0 Å². The predicted molar refractivity (Wildman–Crippen MR) is 84.4 cm³/mol. The molecular formula is C17H19FO2S. The quantitative estimate of drug-likeness (QED) is 0.786. The monoisotopic (exact) mass is 306 g/mol. The molecule has 0 aliphatic carbocycles. The summed E-state index contributed by atoms with van der Waals surface area (Å²) in [5.74, 6) is 1.16. The first kappa shape index (κ1) is 15.9.